The Bertz CT molecular complexity index is 452. The molecular formula is C16H23BrN2O. The molecule has 1 amide bonds. The zero-order valence-electron chi connectivity index (χ0n) is 12.0. The van der Waals surface area contributed by atoms with Gasteiger partial charge in [0.25, 0.3) is 0 Å². The van der Waals surface area contributed by atoms with Gasteiger partial charge in [-0.25, -0.2) is 0 Å². The number of benzene rings is 1. The molecule has 0 aliphatic heterocycles. The number of nitrogens with one attached hydrogen (secondary N) is 1. The molecule has 0 radical (unpaired) electrons. The Balaban J connectivity index is 1.79. The van der Waals surface area contributed by atoms with Gasteiger partial charge in [-0.15, -0.1) is 0 Å². The average Bonchev–Trinajstić information content (AvgIpc) is 2.86. The second-order valence-corrected chi connectivity index (χ2v) is 6.82. The fourth-order valence-electron chi connectivity index (χ4n) is 2.71. The maximum Gasteiger partial charge on any atom is 0.240 e. The van der Waals surface area contributed by atoms with E-state index in [1.807, 2.05) is 12.1 Å². The van der Waals surface area contributed by atoms with Crippen molar-refractivity contribution in [2.45, 2.75) is 57.0 Å². The van der Waals surface area contributed by atoms with Gasteiger partial charge in [0, 0.05) is 10.5 Å². The average molecular weight is 339 g/mol. The van der Waals surface area contributed by atoms with Gasteiger partial charge in [0.1, 0.15) is 0 Å². The van der Waals surface area contributed by atoms with Gasteiger partial charge in [0.15, 0.2) is 0 Å². The van der Waals surface area contributed by atoms with Gasteiger partial charge in [0.2, 0.25) is 5.91 Å². The van der Waals surface area contributed by atoms with Crippen LogP contribution in [-0.4, -0.2) is 17.5 Å². The molecule has 3 N–H and O–H groups in total. The van der Waals surface area contributed by atoms with Gasteiger partial charge in [-0.3, -0.25) is 4.79 Å². The third kappa shape index (κ3) is 4.06. The molecule has 1 aromatic carbocycles. The Hall–Kier alpha value is -0.870. The molecule has 3 nitrogen and oxygen atoms in total. The first-order chi connectivity index (χ1) is 9.49. The van der Waals surface area contributed by atoms with Crippen LogP contribution in [0, 0.1) is 0 Å². The number of aryl methyl sites for hydroxylation is 1. The van der Waals surface area contributed by atoms with Gasteiger partial charge in [-0.05, 0) is 50.3 Å². The summed E-state index contributed by atoms with van der Waals surface area (Å²) in [4.78, 5) is 12.2. The Kier molecular flexibility index (Phi) is 5.22. The van der Waals surface area contributed by atoms with Crippen molar-refractivity contribution in [3.63, 3.8) is 0 Å². The molecule has 0 saturated heterocycles. The molecule has 1 aliphatic carbocycles. The molecule has 0 heterocycles. The van der Waals surface area contributed by atoms with E-state index in [1.165, 1.54) is 5.56 Å². The number of halogens is 1. The lowest BCUT2D eigenvalue weighted by Crippen LogP contribution is -2.54. The molecular weight excluding hydrogens is 316 g/mol. The predicted molar refractivity (Wildman–Crippen MR) is 85.5 cm³/mol. The number of carbonyl (C=O) groups excluding carboxylic acids is 1. The molecule has 1 fully saturated rings. The first kappa shape index (κ1) is 15.5. The maximum atomic E-state index is 12.2. The monoisotopic (exact) mass is 338 g/mol. The first-order valence-corrected chi connectivity index (χ1v) is 8.13. The quantitative estimate of drug-likeness (QED) is 0.866. The topological polar surface area (TPSA) is 55.1 Å². The Morgan fingerprint density at radius 3 is 2.55 bits per heavy atom. The van der Waals surface area contributed by atoms with Crippen LogP contribution in [0.3, 0.4) is 0 Å². The summed E-state index contributed by atoms with van der Waals surface area (Å²) in [7, 11) is 0. The third-order valence-electron chi connectivity index (χ3n) is 4.10. The number of amides is 1. The van der Waals surface area contributed by atoms with E-state index < -0.39 is 5.54 Å². The van der Waals surface area contributed by atoms with Crippen LogP contribution in [0.5, 0.6) is 0 Å². The summed E-state index contributed by atoms with van der Waals surface area (Å²) in [5.41, 5.74) is 6.83. The lowest BCUT2D eigenvalue weighted by molar-refractivity contribution is -0.126. The van der Waals surface area contributed by atoms with Crippen LogP contribution in [-0.2, 0) is 11.2 Å². The highest BCUT2D eigenvalue weighted by Gasteiger charge is 2.37. The molecule has 0 aromatic heterocycles. The number of carbonyl (C=O) groups is 1. The minimum atomic E-state index is -0.619. The Morgan fingerprint density at radius 2 is 1.95 bits per heavy atom. The SMILES string of the molecule is CC(CCc1ccc(Br)cc1)NC(=O)C1(N)CCCC1. The predicted octanol–water partition coefficient (Wildman–Crippen LogP) is 3.16. The van der Waals surface area contributed by atoms with Gasteiger partial charge in [-0.2, -0.15) is 0 Å². The summed E-state index contributed by atoms with van der Waals surface area (Å²) in [6.45, 7) is 2.05. The van der Waals surface area contributed by atoms with Crippen molar-refractivity contribution in [3.05, 3.63) is 34.3 Å². The van der Waals surface area contributed by atoms with E-state index >= 15 is 0 Å². The van der Waals surface area contributed by atoms with Crippen LogP contribution in [0.25, 0.3) is 0 Å². The third-order valence-corrected chi connectivity index (χ3v) is 4.63. The fourth-order valence-corrected chi connectivity index (χ4v) is 2.97. The Labute approximate surface area is 129 Å². The molecule has 20 heavy (non-hydrogen) atoms. The van der Waals surface area contributed by atoms with Crippen LogP contribution < -0.4 is 11.1 Å². The summed E-state index contributed by atoms with van der Waals surface area (Å²) < 4.78 is 1.09. The summed E-state index contributed by atoms with van der Waals surface area (Å²) in [6, 6.07) is 8.48. The van der Waals surface area contributed by atoms with Gasteiger partial charge in [-0.1, -0.05) is 40.9 Å². The van der Waals surface area contributed by atoms with Crippen molar-refractivity contribution in [2.24, 2.45) is 5.73 Å². The van der Waals surface area contributed by atoms with Gasteiger partial charge in [0.05, 0.1) is 5.54 Å². The number of nitrogens with two attached hydrogens (primary N) is 1. The lowest BCUT2D eigenvalue weighted by Gasteiger charge is -2.25. The van der Waals surface area contributed by atoms with E-state index in [0.717, 1.165) is 43.0 Å². The van der Waals surface area contributed by atoms with Crippen molar-refractivity contribution in [1.29, 1.82) is 0 Å². The van der Waals surface area contributed by atoms with E-state index in [9.17, 15) is 4.79 Å². The van der Waals surface area contributed by atoms with Crippen LogP contribution in [0.15, 0.2) is 28.7 Å². The molecule has 110 valence electrons. The smallest absolute Gasteiger partial charge is 0.240 e. The summed E-state index contributed by atoms with van der Waals surface area (Å²) in [6.07, 6.45) is 5.67. The van der Waals surface area contributed by atoms with Crippen molar-refractivity contribution in [1.82, 2.24) is 5.32 Å². The summed E-state index contributed by atoms with van der Waals surface area (Å²) in [5, 5.41) is 3.07. The van der Waals surface area contributed by atoms with Crippen LogP contribution >= 0.6 is 15.9 Å². The van der Waals surface area contributed by atoms with Crippen molar-refractivity contribution in [2.75, 3.05) is 0 Å². The highest BCUT2D eigenvalue weighted by Crippen LogP contribution is 2.27. The number of hydrogen-bond donors (Lipinski definition) is 2. The fraction of sp³-hybridized carbons (Fsp3) is 0.562. The lowest BCUT2D eigenvalue weighted by atomic mass is 9.97. The van der Waals surface area contributed by atoms with Gasteiger partial charge >= 0.3 is 0 Å². The Morgan fingerprint density at radius 1 is 1.35 bits per heavy atom. The number of hydrogen-bond acceptors (Lipinski definition) is 2. The molecule has 2 rings (SSSR count). The second-order valence-electron chi connectivity index (χ2n) is 5.90. The minimum Gasteiger partial charge on any atom is -0.352 e. The normalized spacial score (nSPS) is 18.8. The van der Waals surface area contributed by atoms with Crippen LogP contribution in [0.1, 0.15) is 44.6 Å². The van der Waals surface area contributed by atoms with Crippen molar-refractivity contribution < 1.29 is 4.79 Å². The van der Waals surface area contributed by atoms with Crippen LogP contribution in [0.2, 0.25) is 0 Å². The van der Waals surface area contributed by atoms with Crippen LogP contribution in [0.4, 0.5) is 0 Å². The van der Waals surface area contributed by atoms with E-state index in [-0.39, 0.29) is 11.9 Å². The van der Waals surface area contributed by atoms with E-state index in [4.69, 9.17) is 5.73 Å². The molecule has 0 bridgehead atoms. The molecule has 1 atom stereocenters. The molecule has 1 saturated carbocycles. The first-order valence-electron chi connectivity index (χ1n) is 7.34. The minimum absolute atomic E-state index is 0.0262. The highest BCUT2D eigenvalue weighted by atomic mass is 79.9. The zero-order chi connectivity index (χ0) is 14.6. The largest absolute Gasteiger partial charge is 0.352 e. The molecule has 1 aromatic rings. The second kappa shape index (κ2) is 6.72. The van der Waals surface area contributed by atoms with E-state index in [2.05, 4.69) is 40.3 Å². The van der Waals surface area contributed by atoms with Gasteiger partial charge < -0.3 is 11.1 Å². The maximum absolute atomic E-state index is 12.2. The summed E-state index contributed by atoms with van der Waals surface area (Å²) in [5.74, 6) is 0.0262. The van der Waals surface area contributed by atoms with E-state index in [0.29, 0.717) is 0 Å². The summed E-state index contributed by atoms with van der Waals surface area (Å²) >= 11 is 3.43. The molecule has 4 heteroatoms. The highest BCUT2D eigenvalue weighted by molar-refractivity contribution is 9.10. The zero-order valence-corrected chi connectivity index (χ0v) is 13.6. The molecule has 0 spiro atoms. The molecule has 1 unspecified atom stereocenters. The van der Waals surface area contributed by atoms with Crippen molar-refractivity contribution >= 4 is 21.8 Å². The molecule has 1 aliphatic rings. The van der Waals surface area contributed by atoms with E-state index in [1.54, 1.807) is 0 Å². The number of rotatable bonds is 5. The van der Waals surface area contributed by atoms with Crippen molar-refractivity contribution in [3.8, 4) is 0 Å². The standard InChI is InChI=1S/C16H23BrN2O/c1-12(4-5-13-6-8-14(17)9-7-13)19-15(20)16(18)10-2-3-11-16/h6-9,12H,2-5,10-11,18H2,1H3,(H,19,20).